The number of ether oxygens (including phenoxy) is 2. The SMILES string of the molecule is Cc1nc(SCCN2C[C@](C)(Cc3ccc4c(c3)OCO4)CCC2=O)n[nH]1. The Morgan fingerprint density at radius 3 is 3.00 bits per heavy atom. The number of likely N-dealkylation sites (tertiary alicyclic amines) is 1. The quantitative estimate of drug-likeness (QED) is 0.767. The Balaban J connectivity index is 1.36. The van der Waals surface area contributed by atoms with Gasteiger partial charge < -0.3 is 14.4 Å². The van der Waals surface area contributed by atoms with Crippen LogP contribution in [0.15, 0.2) is 23.4 Å². The summed E-state index contributed by atoms with van der Waals surface area (Å²) in [5, 5.41) is 7.71. The maximum absolute atomic E-state index is 12.4. The molecule has 2 aliphatic rings. The van der Waals surface area contributed by atoms with Crippen molar-refractivity contribution in [3.63, 3.8) is 0 Å². The van der Waals surface area contributed by atoms with E-state index < -0.39 is 0 Å². The van der Waals surface area contributed by atoms with Crippen molar-refractivity contribution in [2.24, 2.45) is 5.41 Å². The lowest BCUT2D eigenvalue weighted by Gasteiger charge is -2.40. The number of fused-ring (bicyclic) bond motifs is 1. The van der Waals surface area contributed by atoms with Crippen molar-refractivity contribution < 1.29 is 14.3 Å². The molecule has 1 saturated heterocycles. The standard InChI is InChI=1S/C19H24N4O3S/c1-13-20-18(22-21-13)27-8-7-23-11-19(2,6-5-17(23)24)10-14-3-4-15-16(9-14)26-12-25-15/h3-4,9H,5-8,10-12H2,1-2H3,(H,20,21,22)/t19-/m0/s1. The number of hydrogen-bond donors (Lipinski definition) is 1. The van der Waals surface area contributed by atoms with Gasteiger partial charge in [0.25, 0.3) is 0 Å². The van der Waals surface area contributed by atoms with Gasteiger partial charge in [-0.3, -0.25) is 9.89 Å². The van der Waals surface area contributed by atoms with E-state index in [0.29, 0.717) is 19.8 Å². The number of nitrogens with zero attached hydrogens (tertiary/aromatic N) is 3. The second-order valence-electron chi connectivity index (χ2n) is 7.54. The fraction of sp³-hybridized carbons (Fsp3) is 0.526. The lowest BCUT2D eigenvalue weighted by atomic mass is 9.76. The van der Waals surface area contributed by atoms with Crippen LogP contribution in [0.5, 0.6) is 11.5 Å². The molecule has 1 aromatic heterocycles. The van der Waals surface area contributed by atoms with Crippen molar-refractivity contribution in [2.75, 3.05) is 25.6 Å². The number of H-pyrrole nitrogens is 1. The first-order valence-corrected chi connectivity index (χ1v) is 10.2. The first kappa shape index (κ1) is 18.2. The van der Waals surface area contributed by atoms with Crippen LogP contribution in [0, 0.1) is 12.3 Å². The highest BCUT2D eigenvalue weighted by molar-refractivity contribution is 7.99. The molecule has 8 heteroatoms. The molecule has 4 rings (SSSR count). The van der Waals surface area contributed by atoms with Crippen LogP contribution in [0.4, 0.5) is 0 Å². The summed E-state index contributed by atoms with van der Waals surface area (Å²) in [4.78, 5) is 18.7. The van der Waals surface area contributed by atoms with Crippen LogP contribution in [0.3, 0.4) is 0 Å². The average molecular weight is 388 g/mol. The van der Waals surface area contributed by atoms with Gasteiger partial charge in [-0.2, -0.15) is 0 Å². The van der Waals surface area contributed by atoms with Crippen LogP contribution in [0.2, 0.25) is 0 Å². The Morgan fingerprint density at radius 1 is 1.33 bits per heavy atom. The number of aromatic amines is 1. The maximum Gasteiger partial charge on any atom is 0.231 e. The van der Waals surface area contributed by atoms with Gasteiger partial charge in [-0.15, -0.1) is 5.10 Å². The number of nitrogens with one attached hydrogen (secondary N) is 1. The van der Waals surface area contributed by atoms with Crippen LogP contribution < -0.4 is 9.47 Å². The van der Waals surface area contributed by atoms with E-state index in [1.165, 1.54) is 5.56 Å². The molecule has 0 unspecified atom stereocenters. The van der Waals surface area contributed by atoms with E-state index in [0.717, 1.165) is 47.6 Å². The summed E-state index contributed by atoms with van der Waals surface area (Å²) in [5.74, 6) is 3.47. The molecule has 0 aliphatic carbocycles. The van der Waals surface area contributed by atoms with Crippen molar-refractivity contribution >= 4 is 17.7 Å². The second-order valence-corrected chi connectivity index (χ2v) is 8.60. The summed E-state index contributed by atoms with van der Waals surface area (Å²) in [6.07, 6.45) is 2.43. The molecular formula is C19H24N4O3S. The summed E-state index contributed by atoms with van der Waals surface area (Å²) in [7, 11) is 0. The second kappa shape index (κ2) is 7.42. The third kappa shape index (κ3) is 4.21. The lowest BCUT2D eigenvalue weighted by Crippen LogP contribution is -2.47. The summed E-state index contributed by atoms with van der Waals surface area (Å²) in [5.41, 5.74) is 1.29. The zero-order valence-electron chi connectivity index (χ0n) is 15.7. The monoisotopic (exact) mass is 388 g/mol. The Kier molecular flexibility index (Phi) is 4.99. The van der Waals surface area contributed by atoms with Crippen LogP contribution in [0.25, 0.3) is 0 Å². The summed E-state index contributed by atoms with van der Waals surface area (Å²) in [6, 6.07) is 6.14. The molecule has 7 nitrogen and oxygen atoms in total. The van der Waals surface area contributed by atoms with Crippen molar-refractivity contribution in [2.45, 2.75) is 38.3 Å². The minimum atomic E-state index is 0.0629. The van der Waals surface area contributed by atoms with E-state index in [2.05, 4.69) is 34.2 Å². The number of rotatable bonds is 6. The largest absolute Gasteiger partial charge is 0.454 e. The van der Waals surface area contributed by atoms with E-state index in [1.54, 1.807) is 11.8 Å². The van der Waals surface area contributed by atoms with Crippen molar-refractivity contribution in [3.05, 3.63) is 29.6 Å². The zero-order valence-corrected chi connectivity index (χ0v) is 16.5. The molecule has 2 aliphatic heterocycles. The molecule has 2 aromatic rings. The Morgan fingerprint density at radius 2 is 2.19 bits per heavy atom. The minimum Gasteiger partial charge on any atom is -0.454 e. The van der Waals surface area contributed by atoms with E-state index >= 15 is 0 Å². The predicted molar refractivity (Wildman–Crippen MR) is 102 cm³/mol. The van der Waals surface area contributed by atoms with Gasteiger partial charge in [0.15, 0.2) is 11.5 Å². The van der Waals surface area contributed by atoms with Crippen LogP contribution in [-0.2, 0) is 11.2 Å². The number of benzene rings is 1. The fourth-order valence-electron chi connectivity index (χ4n) is 3.72. The van der Waals surface area contributed by atoms with E-state index in [1.807, 2.05) is 17.9 Å². The van der Waals surface area contributed by atoms with Crippen LogP contribution >= 0.6 is 11.8 Å². The third-order valence-corrected chi connectivity index (χ3v) is 5.93. The number of aryl methyl sites for hydroxylation is 1. The molecule has 0 saturated carbocycles. The number of carbonyl (C=O) groups is 1. The Labute approximate surface area is 162 Å². The van der Waals surface area contributed by atoms with E-state index in [4.69, 9.17) is 9.47 Å². The molecule has 0 bridgehead atoms. The van der Waals surface area contributed by atoms with Crippen LogP contribution in [-0.4, -0.2) is 51.6 Å². The summed E-state index contributed by atoms with van der Waals surface area (Å²) < 4.78 is 10.9. The normalized spacial score (nSPS) is 21.7. The molecule has 1 amide bonds. The number of hydrogen-bond acceptors (Lipinski definition) is 6. The molecule has 144 valence electrons. The Bertz CT molecular complexity index is 840. The van der Waals surface area contributed by atoms with Gasteiger partial charge in [-0.25, -0.2) is 4.98 Å². The van der Waals surface area contributed by atoms with Gasteiger partial charge in [-0.05, 0) is 42.9 Å². The number of aromatic nitrogens is 3. The topological polar surface area (TPSA) is 80.3 Å². The first-order chi connectivity index (χ1) is 13.0. The molecule has 0 spiro atoms. The fourth-order valence-corrected chi connectivity index (χ4v) is 4.53. The highest BCUT2D eigenvalue weighted by Crippen LogP contribution is 2.38. The molecule has 27 heavy (non-hydrogen) atoms. The van der Waals surface area contributed by atoms with Gasteiger partial charge in [0.2, 0.25) is 17.9 Å². The summed E-state index contributed by atoms with van der Waals surface area (Å²) in [6.45, 7) is 5.93. The molecule has 1 aromatic carbocycles. The number of piperidine rings is 1. The van der Waals surface area contributed by atoms with Crippen molar-refractivity contribution in [1.29, 1.82) is 0 Å². The van der Waals surface area contributed by atoms with E-state index in [-0.39, 0.29) is 11.3 Å². The molecule has 1 fully saturated rings. The van der Waals surface area contributed by atoms with Gasteiger partial charge in [0, 0.05) is 25.3 Å². The van der Waals surface area contributed by atoms with Gasteiger partial charge >= 0.3 is 0 Å². The maximum atomic E-state index is 12.4. The van der Waals surface area contributed by atoms with Gasteiger partial charge in [-0.1, -0.05) is 24.8 Å². The number of thioether (sulfide) groups is 1. The molecule has 1 N–H and O–H groups in total. The van der Waals surface area contributed by atoms with Gasteiger partial charge in [0.1, 0.15) is 5.82 Å². The lowest BCUT2D eigenvalue weighted by molar-refractivity contribution is -0.136. The highest BCUT2D eigenvalue weighted by atomic mass is 32.2. The smallest absolute Gasteiger partial charge is 0.231 e. The molecule has 3 heterocycles. The molecule has 0 radical (unpaired) electrons. The summed E-state index contributed by atoms with van der Waals surface area (Å²) >= 11 is 1.58. The van der Waals surface area contributed by atoms with Crippen molar-refractivity contribution in [1.82, 2.24) is 20.1 Å². The average Bonchev–Trinajstić information content (AvgIpc) is 3.26. The highest BCUT2D eigenvalue weighted by Gasteiger charge is 2.35. The van der Waals surface area contributed by atoms with E-state index in [9.17, 15) is 4.79 Å². The van der Waals surface area contributed by atoms with Crippen molar-refractivity contribution in [3.8, 4) is 11.5 Å². The van der Waals surface area contributed by atoms with Gasteiger partial charge in [0.05, 0.1) is 0 Å². The number of amides is 1. The Hall–Kier alpha value is -2.22. The zero-order chi connectivity index (χ0) is 18.9. The molecular weight excluding hydrogens is 364 g/mol. The predicted octanol–water partition coefficient (Wildman–Crippen LogP) is 2.81. The first-order valence-electron chi connectivity index (χ1n) is 9.19. The third-order valence-electron chi connectivity index (χ3n) is 5.10. The molecule has 1 atom stereocenters. The minimum absolute atomic E-state index is 0.0629. The number of carbonyl (C=O) groups excluding carboxylic acids is 1. The van der Waals surface area contributed by atoms with Crippen LogP contribution in [0.1, 0.15) is 31.2 Å².